The number of piperidine rings is 1. The van der Waals surface area contributed by atoms with Crippen LogP contribution in [0.2, 0.25) is 0 Å². The molecule has 1 saturated heterocycles. The van der Waals surface area contributed by atoms with Crippen molar-refractivity contribution >= 4 is 5.91 Å². The van der Waals surface area contributed by atoms with E-state index in [1.807, 2.05) is 0 Å². The van der Waals surface area contributed by atoms with Gasteiger partial charge in [-0.25, -0.2) is 0 Å². The van der Waals surface area contributed by atoms with E-state index < -0.39 is 0 Å². The molecule has 0 aromatic rings. The van der Waals surface area contributed by atoms with Gasteiger partial charge < -0.3 is 10.6 Å². The molecule has 2 fully saturated rings. The van der Waals surface area contributed by atoms with Crippen LogP contribution >= 0.6 is 0 Å². The number of likely N-dealkylation sites (tertiary alicyclic amines) is 1. The maximum atomic E-state index is 11.1. The summed E-state index contributed by atoms with van der Waals surface area (Å²) in [6.45, 7) is 2.21. The van der Waals surface area contributed by atoms with Gasteiger partial charge in [0.1, 0.15) is 0 Å². The molecule has 2 aliphatic rings. The number of carbonyl (C=O) groups excluding carboxylic acids is 1. The van der Waals surface area contributed by atoms with Gasteiger partial charge in [0.05, 0.1) is 0 Å². The van der Waals surface area contributed by atoms with E-state index >= 15 is 0 Å². The molecule has 2 rings (SSSR count). The SMILES string of the molecule is CN1CC2CC(C1)C(C(N)=O)C2. The molecule has 0 aromatic heterocycles. The number of nitrogens with two attached hydrogens (primary N) is 1. The lowest BCUT2D eigenvalue weighted by atomic mass is 9.94. The van der Waals surface area contributed by atoms with Crippen LogP contribution in [0.1, 0.15) is 12.8 Å². The van der Waals surface area contributed by atoms with Gasteiger partial charge in [-0.2, -0.15) is 0 Å². The van der Waals surface area contributed by atoms with Crippen molar-refractivity contribution in [1.29, 1.82) is 0 Å². The van der Waals surface area contributed by atoms with Crippen LogP contribution in [0, 0.1) is 17.8 Å². The second-order valence-corrected chi connectivity index (χ2v) is 4.33. The van der Waals surface area contributed by atoms with Crippen LogP contribution in [-0.4, -0.2) is 30.9 Å². The first-order valence-corrected chi connectivity index (χ1v) is 4.64. The Hall–Kier alpha value is -0.570. The van der Waals surface area contributed by atoms with E-state index in [4.69, 9.17) is 5.73 Å². The third-order valence-corrected chi connectivity index (χ3v) is 3.27. The highest BCUT2D eigenvalue weighted by molar-refractivity contribution is 5.77. The summed E-state index contributed by atoms with van der Waals surface area (Å²) < 4.78 is 0. The van der Waals surface area contributed by atoms with Crippen LogP contribution in [0.3, 0.4) is 0 Å². The fourth-order valence-corrected chi connectivity index (χ4v) is 2.86. The second-order valence-electron chi connectivity index (χ2n) is 4.33. The van der Waals surface area contributed by atoms with Gasteiger partial charge in [0.25, 0.3) is 0 Å². The molecular formula is C9H16N2O. The zero-order valence-electron chi connectivity index (χ0n) is 7.49. The van der Waals surface area contributed by atoms with Crippen molar-refractivity contribution in [3.05, 3.63) is 0 Å². The first kappa shape index (κ1) is 8.05. The van der Waals surface area contributed by atoms with Crippen molar-refractivity contribution in [3.63, 3.8) is 0 Å². The van der Waals surface area contributed by atoms with Gasteiger partial charge in [-0.3, -0.25) is 4.79 Å². The number of amides is 1. The van der Waals surface area contributed by atoms with Gasteiger partial charge in [-0.05, 0) is 31.7 Å². The van der Waals surface area contributed by atoms with Gasteiger partial charge in [0.2, 0.25) is 5.91 Å². The molecule has 0 radical (unpaired) electrons. The first-order valence-electron chi connectivity index (χ1n) is 4.64. The third-order valence-electron chi connectivity index (χ3n) is 3.27. The molecule has 1 heterocycles. The number of rotatable bonds is 1. The van der Waals surface area contributed by atoms with Crippen LogP contribution in [-0.2, 0) is 4.79 Å². The molecule has 1 aliphatic heterocycles. The number of fused-ring (bicyclic) bond motifs is 2. The van der Waals surface area contributed by atoms with Crippen molar-refractivity contribution in [2.24, 2.45) is 23.5 Å². The van der Waals surface area contributed by atoms with E-state index in [-0.39, 0.29) is 11.8 Å². The van der Waals surface area contributed by atoms with Crippen molar-refractivity contribution < 1.29 is 4.79 Å². The molecule has 3 unspecified atom stereocenters. The molecule has 1 aliphatic carbocycles. The van der Waals surface area contributed by atoms with E-state index in [2.05, 4.69) is 11.9 Å². The standard InChI is InChI=1S/C9H16N2O/c1-11-4-6-2-7(5-11)8(3-6)9(10)12/h6-8H,2-5H2,1H3,(H2,10,12). The topological polar surface area (TPSA) is 46.3 Å². The monoisotopic (exact) mass is 168 g/mol. The van der Waals surface area contributed by atoms with Crippen molar-refractivity contribution in [3.8, 4) is 0 Å². The minimum Gasteiger partial charge on any atom is -0.369 e. The molecule has 3 atom stereocenters. The van der Waals surface area contributed by atoms with Crippen molar-refractivity contribution in [2.75, 3.05) is 20.1 Å². The summed E-state index contributed by atoms with van der Waals surface area (Å²) in [5.74, 6) is 1.36. The Morgan fingerprint density at radius 3 is 2.83 bits per heavy atom. The Morgan fingerprint density at radius 1 is 1.42 bits per heavy atom. The van der Waals surface area contributed by atoms with Crippen molar-refractivity contribution in [2.45, 2.75) is 12.8 Å². The molecular weight excluding hydrogens is 152 g/mol. The van der Waals surface area contributed by atoms with E-state index in [1.165, 1.54) is 6.42 Å². The Morgan fingerprint density at radius 2 is 2.17 bits per heavy atom. The Labute approximate surface area is 72.9 Å². The molecule has 3 heteroatoms. The molecule has 1 amide bonds. The van der Waals surface area contributed by atoms with Gasteiger partial charge in [-0.15, -0.1) is 0 Å². The summed E-state index contributed by atoms with van der Waals surface area (Å²) in [6, 6.07) is 0. The summed E-state index contributed by atoms with van der Waals surface area (Å²) in [5.41, 5.74) is 5.34. The van der Waals surface area contributed by atoms with E-state index in [9.17, 15) is 4.79 Å². The summed E-state index contributed by atoms with van der Waals surface area (Å²) in [6.07, 6.45) is 2.25. The molecule has 12 heavy (non-hydrogen) atoms. The quantitative estimate of drug-likeness (QED) is 0.602. The van der Waals surface area contributed by atoms with Crippen LogP contribution in [0.25, 0.3) is 0 Å². The minimum atomic E-state index is -0.0854. The van der Waals surface area contributed by atoms with Gasteiger partial charge in [-0.1, -0.05) is 0 Å². The fraction of sp³-hybridized carbons (Fsp3) is 0.889. The summed E-state index contributed by atoms with van der Waals surface area (Å²) in [7, 11) is 2.13. The van der Waals surface area contributed by atoms with Crippen LogP contribution in [0.4, 0.5) is 0 Å². The summed E-state index contributed by atoms with van der Waals surface area (Å²) >= 11 is 0. The summed E-state index contributed by atoms with van der Waals surface area (Å²) in [5, 5.41) is 0. The zero-order valence-corrected chi connectivity index (χ0v) is 7.49. The zero-order chi connectivity index (χ0) is 8.72. The fourth-order valence-electron chi connectivity index (χ4n) is 2.86. The number of primary amides is 1. The van der Waals surface area contributed by atoms with E-state index in [0.29, 0.717) is 5.92 Å². The molecule has 3 nitrogen and oxygen atoms in total. The largest absolute Gasteiger partial charge is 0.369 e. The van der Waals surface area contributed by atoms with E-state index in [0.717, 1.165) is 25.4 Å². The predicted octanol–water partition coefficient (Wildman–Crippen LogP) is 0.0595. The molecule has 2 N–H and O–H groups in total. The molecule has 2 bridgehead atoms. The van der Waals surface area contributed by atoms with Crippen LogP contribution in [0.15, 0.2) is 0 Å². The highest BCUT2D eigenvalue weighted by Gasteiger charge is 2.41. The third kappa shape index (κ3) is 1.22. The summed E-state index contributed by atoms with van der Waals surface area (Å²) in [4.78, 5) is 13.4. The lowest BCUT2D eigenvalue weighted by Gasteiger charge is -2.28. The van der Waals surface area contributed by atoms with Gasteiger partial charge in [0, 0.05) is 19.0 Å². The number of hydrogen-bond donors (Lipinski definition) is 1. The molecule has 68 valence electrons. The molecule has 1 saturated carbocycles. The lowest BCUT2D eigenvalue weighted by Crippen LogP contribution is -2.36. The average Bonchev–Trinajstić information content (AvgIpc) is 2.26. The Kier molecular flexibility index (Phi) is 1.83. The maximum absolute atomic E-state index is 11.1. The lowest BCUT2D eigenvalue weighted by molar-refractivity contribution is -0.122. The van der Waals surface area contributed by atoms with Crippen molar-refractivity contribution in [1.82, 2.24) is 4.90 Å². The van der Waals surface area contributed by atoms with Gasteiger partial charge >= 0.3 is 0 Å². The first-order chi connectivity index (χ1) is 5.66. The highest BCUT2D eigenvalue weighted by Crippen LogP contribution is 2.40. The van der Waals surface area contributed by atoms with Crippen LogP contribution < -0.4 is 5.73 Å². The maximum Gasteiger partial charge on any atom is 0.220 e. The number of carbonyl (C=O) groups is 1. The highest BCUT2D eigenvalue weighted by atomic mass is 16.1. The molecule has 0 spiro atoms. The predicted molar refractivity (Wildman–Crippen MR) is 46.4 cm³/mol. The Bertz CT molecular complexity index is 205. The Balaban J connectivity index is 2.09. The number of hydrogen-bond acceptors (Lipinski definition) is 2. The molecule has 0 aromatic carbocycles. The van der Waals surface area contributed by atoms with Crippen LogP contribution in [0.5, 0.6) is 0 Å². The smallest absolute Gasteiger partial charge is 0.220 e. The van der Waals surface area contributed by atoms with Gasteiger partial charge in [0.15, 0.2) is 0 Å². The average molecular weight is 168 g/mol. The number of nitrogens with zero attached hydrogens (tertiary/aromatic N) is 1. The second kappa shape index (κ2) is 2.73. The minimum absolute atomic E-state index is 0.0854. The normalized spacial score (nSPS) is 41.6. The van der Waals surface area contributed by atoms with E-state index in [1.54, 1.807) is 0 Å².